The number of sulfonamides is 1. The lowest BCUT2D eigenvalue weighted by Gasteiger charge is -2.03. The second-order valence-electron chi connectivity index (χ2n) is 5.63. The molecule has 0 amide bonds. The van der Waals surface area contributed by atoms with E-state index in [0.717, 1.165) is 16.5 Å². The first-order valence-corrected chi connectivity index (χ1v) is 9.46. The van der Waals surface area contributed by atoms with Crippen molar-refractivity contribution in [1.29, 1.82) is 0 Å². The number of rotatable bonds is 6. The molecule has 2 aromatic carbocycles. The summed E-state index contributed by atoms with van der Waals surface area (Å²) in [7, 11) is -0.377. The van der Waals surface area contributed by atoms with Crippen LogP contribution in [0.15, 0.2) is 66.1 Å². The maximum Gasteiger partial charge on any atom is 0.256 e. The fourth-order valence-electron chi connectivity index (χ4n) is 2.40. The van der Waals surface area contributed by atoms with E-state index in [-0.39, 0.29) is 0 Å². The van der Waals surface area contributed by atoms with Gasteiger partial charge < -0.3 is 4.74 Å². The minimum Gasteiger partial charge on any atom is -0.497 e. The highest BCUT2D eigenvalue weighted by Gasteiger charge is 2.13. The van der Waals surface area contributed by atoms with Gasteiger partial charge in [0.15, 0.2) is 0 Å². The number of anilines is 1. The van der Waals surface area contributed by atoms with Crippen LogP contribution in [0.3, 0.4) is 0 Å². The zero-order valence-corrected chi connectivity index (χ0v) is 15.3. The minimum absolute atomic E-state index is 0.375. The molecule has 26 heavy (non-hydrogen) atoms. The number of nitrogens with zero attached hydrogens (tertiary/aromatic N) is 2. The quantitative estimate of drug-likeness (QED) is 0.722. The van der Waals surface area contributed by atoms with Crippen molar-refractivity contribution >= 4 is 21.9 Å². The fourth-order valence-corrected chi connectivity index (χ4v) is 3.29. The number of nitrogens with one attached hydrogen (secondary N) is 1. The molecular formula is C19H19N3O3S. The van der Waals surface area contributed by atoms with Crippen LogP contribution >= 0.6 is 0 Å². The van der Waals surface area contributed by atoms with Gasteiger partial charge in [0.05, 0.1) is 18.2 Å². The van der Waals surface area contributed by atoms with Crippen LogP contribution in [0.1, 0.15) is 5.56 Å². The molecule has 6 nitrogen and oxygen atoms in total. The van der Waals surface area contributed by atoms with E-state index in [1.54, 1.807) is 26.3 Å². The second-order valence-corrected chi connectivity index (χ2v) is 7.20. The number of benzene rings is 2. The molecule has 3 aromatic rings. The van der Waals surface area contributed by atoms with Crippen LogP contribution < -0.4 is 9.46 Å². The van der Waals surface area contributed by atoms with Crippen molar-refractivity contribution in [3.63, 3.8) is 0 Å². The number of methoxy groups -OCH3 is 1. The van der Waals surface area contributed by atoms with Gasteiger partial charge in [0.2, 0.25) is 0 Å². The number of aryl methyl sites for hydroxylation is 1. The molecule has 0 saturated heterocycles. The molecule has 0 spiro atoms. The summed E-state index contributed by atoms with van der Waals surface area (Å²) < 4.78 is 33.9. The van der Waals surface area contributed by atoms with E-state index in [1.165, 1.54) is 4.68 Å². The monoisotopic (exact) mass is 369 g/mol. The van der Waals surface area contributed by atoms with E-state index in [4.69, 9.17) is 4.74 Å². The number of hydrogen-bond acceptors (Lipinski definition) is 4. The van der Waals surface area contributed by atoms with Gasteiger partial charge in [-0.2, -0.15) is 5.10 Å². The largest absolute Gasteiger partial charge is 0.497 e. The highest BCUT2D eigenvalue weighted by molar-refractivity contribution is 7.95. The molecule has 1 aromatic heterocycles. The van der Waals surface area contributed by atoms with Crippen LogP contribution in [0.4, 0.5) is 5.82 Å². The van der Waals surface area contributed by atoms with Gasteiger partial charge in [-0.25, -0.2) is 8.42 Å². The first kappa shape index (κ1) is 17.8. The molecular weight excluding hydrogens is 350 g/mol. The van der Waals surface area contributed by atoms with Crippen LogP contribution in [-0.4, -0.2) is 25.3 Å². The predicted octanol–water partition coefficient (Wildman–Crippen LogP) is 3.51. The Labute approximate surface area is 152 Å². The van der Waals surface area contributed by atoms with Gasteiger partial charge in [-0.1, -0.05) is 42.5 Å². The highest BCUT2D eigenvalue weighted by atomic mass is 32.2. The first-order valence-electron chi connectivity index (χ1n) is 7.91. The van der Waals surface area contributed by atoms with Crippen LogP contribution in [0.2, 0.25) is 0 Å². The third kappa shape index (κ3) is 4.31. The number of aromatic nitrogens is 2. The van der Waals surface area contributed by atoms with Gasteiger partial charge in [-0.05, 0) is 23.8 Å². The Hall–Kier alpha value is -3.06. The van der Waals surface area contributed by atoms with Gasteiger partial charge >= 0.3 is 0 Å². The summed E-state index contributed by atoms with van der Waals surface area (Å²) in [6, 6.07) is 18.3. The molecule has 0 aliphatic carbocycles. The highest BCUT2D eigenvalue weighted by Crippen LogP contribution is 2.25. The molecule has 0 atom stereocenters. The van der Waals surface area contributed by atoms with Crippen molar-refractivity contribution in [2.24, 2.45) is 7.05 Å². The van der Waals surface area contributed by atoms with Crippen molar-refractivity contribution in [2.75, 3.05) is 11.8 Å². The van der Waals surface area contributed by atoms with Crippen molar-refractivity contribution in [1.82, 2.24) is 9.78 Å². The summed E-state index contributed by atoms with van der Waals surface area (Å²) in [6.45, 7) is 0. The summed E-state index contributed by atoms with van der Waals surface area (Å²) in [6.07, 6.45) is 1.54. The minimum atomic E-state index is -3.65. The standard InChI is InChI=1S/C19H19N3O3S/c1-22-19(14-18(20-22)16-9-6-10-17(13-16)25-2)21-26(23,24)12-11-15-7-4-3-5-8-15/h3-14,21H,1-2H3. The van der Waals surface area contributed by atoms with Gasteiger partial charge in [0.25, 0.3) is 10.0 Å². The summed E-state index contributed by atoms with van der Waals surface area (Å²) in [5, 5.41) is 5.51. The number of hydrogen-bond donors (Lipinski definition) is 1. The third-order valence-corrected chi connectivity index (χ3v) is 4.72. The molecule has 3 rings (SSSR count). The molecule has 0 radical (unpaired) electrons. The molecule has 0 unspecified atom stereocenters. The van der Waals surface area contributed by atoms with E-state index in [9.17, 15) is 8.42 Å². The predicted molar refractivity (Wildman–Crippen MR) is 103 cm³/mol. The molecule has 1 heterocycles. The lowest BCUT2D eigenvalue weighted by Crippen LogP contribution is -2.11. The normalized spacial score (nSPS) is 11.6. The molecule has 0 bridgehead atoms. The van der Waals surface area contributed by atoms with Gasteiger partial charge in [0.1, 0.15) is 11.6 Å². The maximum absolute atomic E-state index is 12.3. The van der Waals surface area contributed by atoms with Crippen LogP contribution in [0, 0.1) is 0 Å². The summed E-state index contributed by atoms with van der Waals surface area (Å²) in [4.78, 5) is 0. The van der Waals surface area contributed by atoms with Crippen molar-refractivity contribution < 1.29 is 13.2 Å². The average molecular weight is 369 g/mol. The van der Waals surface area contributed by atoms with Gasteiger partial charge in [0, 0.05) is 18.7 Å². The van der Waals surface area contributed by atoms with E-state index in [0.29, 0.717) is 17.3 Å². The van der Waals surface area contributed by atoms with E-state index >= 15 is 0 Å². The average Bonchev–Trinajstić information content (AvgIpc) is 3.01. The van der Waals surface area contributed by atoms with Crippen LogP contribution in [0.5, 0.6) is 5.75 Å². The zero-order chi connectivity index (χ0) is 18.6. The molecule has 0 aliphatic rings. The van der Waals surface area contributed by atoms with Crippen LogP contribution in [-0.2, 0) is 17.1 Å². The van der Waals surface area contributed by atoms with Crippen molar-refractivity contribution in [3.05, 3.63) is 71.6 Å². The smallest absolute Gasteiger partial charge is 0.256 e. The molecule has 0 fully saturated rings. The lowest BCUT2D eigenvalue weighted by molar-refractivity contribution is 0.415. The Morgan fingerprint density at radius 3 is 2.58 bits per heavy atom. The molecule has 0 saturated carbocycles. The third-order valence-electron chi connectivity index (χ3n) is 3.73. The molecule has 7 heteroatoms. The number of ether oxygens (including phenoxy) is 1. The SMILES string of the molecule is COc1cccc(-c2cc(NS(=O)(=O)C=Cc3ccccc3)n(C)n2)c1. The second kappa shape index (κ2) is 7.45. The Morgan fingerprint density at radius 2 is 1.85 bits per heavy atom. The first-order chi connectivity index (χ1) is 12.5. The Morgan fingerprint density at radius 1 is 1.08 bits per heavy atom. The topological polar surface area (TPSA) is 73.2 Å². The summed E-state index contributed by atoms with van der Waals surface area (Å²) in [5.74, 6) is 1.08. The van der Waals surface area contributed by atoms with E-state index < -0.39 is 10.0 Å². The van der Waals surface area contributed by atoms with E-state index in [2.05, 4.69) is 9.82 Å². The van der Waals surface area contributed by atoms with E-state index in [1.807, 2.05) is 54.6 Å². The molecule has 134 valence electrons. The van der Waals surface area contributed by atoms with Crippen molar-refractivity contribution in [3.8, 4) is 17.0 Å². The van der Waals surface area contributed by atoms with Crippen LogP contribution in [0.25, 0.3) is 17.3 Å². The lowest BCUT2D eigenvalue weighted by atomic mass is 10.1. The Kier molecular flexibility index (Phi) is 5.09. The van der Waals surface area contributed by atoms with Gasteiger partial charge in [-0.3, -0.25) is 9.40 Å². The fraction of sp³-hybridized carbons (Fsp3) is 0.105. The Bertz CT molecular complexity index is 1030. The van der Waals surface area contributed by atoms with Crippen molar-refractivity contribution in [2.45, 2.75) is 0 Å². The summed E-state index contributed by atoms with van der Waals surface area (Å²) in [5.41, 5.74) is 2.29. The molecule has 1 N–H and O–H groups in total. The van der Waals surface area contributed by atoms with Gasteiger partial charge in [-0.15, -0.1) is 0 Å². The Balaban J connectivity index is 1.82. The summed E-state index contributed by atoms with van der Waals surface area (Å²) >= 11 is 0. The zero-order valence-electron chi connectivity index (χ0n) is 14.5. The maximum atomic E-state index is 12.3. The molecule has 0 aliphatic heterocycles.